The fourth-order valence-electron chi connectivity index (χ4n) is 4.03. The van der Waals surface area contributed by atoms with Gasteiger partial charge in [0.25, 0.3) is 0 Å². The van der Waals surface area contributed by atoms with E-state index in [9.17, 15) is 4.79 Å². The van der Waals surface area contributed by atoms with Crippen molar-refractivity contribution in [2.24, 2.45) is 5.92 Å². The summed E-state index contributed by atoms with van der Waals surface area (Å²) in [6.45, 7) is 6.07. The highest BCUT2D eigenvalue weighted by molar-refractivity contribution is 5.82. The summed E-state index contributed by atoms with van der Waals surface area (Å²) in [5.74, 6) is 1.70. The molecule has 4 nitrogen and oxygen atoms in total. The topological polar surface area (TPSA) is 50.4 Å². The Bertz CT molecular complexity index is 541. The Morgan fingerprint density at radius 3 is 2.54 bits per heavy atom. The second-order valence-electron chi connectivity index (χ2n) is 7.57. The van der Waals surface area contributed by atoms with Crippen LogP contribution in [0.3, 0.4) is 0 Å². The lowest BCUT2D eigenvalue weighted by Gasteiger charge is -2.24. The minimum absolute atomic E-state index is 0.00929. The third kappa shape index (κ3) is 4.10. The van der Waals surface area contributed by atoms with E-state index in [0.29, 0.717) is 12.0 Å². The molecular weight excluding hydrogens is 300 g/mol. The van der Waals surface area contributed by atoms with Gasteiger partial charge in [0.2, 0.25) is 5.91 Å². The van der Waals surface area contributed by atoms with Crippen LogP contribution in [0.2, 0.25) is 0 Å². The number of hydrogen-bond donors (Lipinski definition) is 2. The minimum Gasteiger partial charge on any atom is -0.491 e. The summed E-state index contributed by atoms with van der Waals surface area (Å²) in [7, 11) is 0. The van der Waals surface area contributed by atoms with Crippen LogP contribution < -0.4 is 15.4 Å². The summed E-state index contributed by atoms with van der Waals surface area (Å²) in [5, 5.41) is 6.71. The number of amides is 1. The van der Waals surface area contributed by atoms with Gasteiger partial charge in [0.1, 0.15) is 5.75 Å². The molecule has 0 spiro atoms. The van der Waals surface area contributed by atoms with Gasteiger partial charge in [-0.1, -0.05) is 25.0 Å². The van der Waals surface area contributed by atoms with Crippen LogP contribution in [0.4, 0.5) is 0 Å². The maximum absolute atomic E-state index is 12.6. The molecule has 4 unspecified atom stereocenters. The Kier molecular flexibility index (Phi) is 5.44. The molecule has 1 aliphatic carbocycles. The summed E-state index contributed by atoms with van der Waals surface area (Å²) < 4.78 is 5.67. The van der Waals surface area contributed by atoms with Gasteiger partial charge in [0.05, 0.1) is 18.2 Å². The normalized spacial score (nSPS) is 27.6. The average Bonchev–Trinajstić information content (AvgIpc) is 2.99. The van der Waals surface area contributed by atoms with Crippen molar-refractivity contribution in [1.82, 2.24) is 10.6 Å². The molecule has 2 N–H and O–H groups in total. The summed E-state index contributed by atoms with van der Waals surface area (Å²) >= 11 is 0. The first-order chi connectivity index (χ1) is 11.5. The molecule has 2 fully saturated rings. The molecule has 1 saturated heterocycles. The Morgan fingerprint density at radius 1 is 1.17 bits per heavy atom. The van der Waals surface area contributed by atoms with Crippen molar-refractivity contribution in [3.8, 4) is 5.75 Å². The van der Waals surface area contributed by atoms with Crippen LogP contribution in [0.15, 0.2) is 24.3 Å². The fourth-order valence-corrected chi connectivity index (χ4v) is 4.03. The average molecular weight is 330 g/mol. The van der Waals surface area contributed by atoms with Crippen molar-refractivity contribution < 1.29 is 9.53 Å². The summed E-state index contributed by atoms with van der Waals surface area (Å²) in [6.07, 6.45) is 6.27. The zero-order valence-corrected chi connectivity index (χ0v) is 15.0. The van der Waals surface area contributed by atoms with E-state index in [-0.39, 0.29) is 24.1 Å². The summed E-state index contributed by atoms with van der Waals surface area (Å²) in [4.78, 5) is 12.6. The molecule has 3 rings (SSSR count). The molecule has 1 saturated carbocycles. The zero-order valence-electron chi connectivity index (χ0n) is 15.0. The number of benzene rings is 1. The van der Waals surface area contributed by atoms with Crippen LogP contribution in [0.25, 0.3) is 0 Å². The lowest BCUT2D eigenvalue weighted by atomic mass is 9.85. The zero-order chi connectivity index (χ0) is 17.1. The largest absolute Gasteiger partial charge is 0.491 e. The molecule has 0 aromatic heterocycles. The molecule has 1 aliphatic heterocycles. The van der Waals surface area contributed by atoms with E-state index < -0.39 is 0 Å². The van der Waals surface area contributed by atoms with Crippen molar-refractivity contribution >= 4 is 5.91 Å². The number of fused-ring (bicyclic) bond motifs is 1. The third-order valence-electron chi connectivity index (χ3n) is 5.29. The molecule has 0 bridgehead atoms. The van der Waals surface area contributed by atoms with Gasteiger partial charge in [-0.3, -0.25) is 4.79 Å². The van der Waals surface area contributed by atoms with E-state index in [0.717, 1.165) is 17.7 Å². The van der Waals surface area contributed by atoms with Gasteiger partial charge in [-0.25, -0.2) is 0 Å². The standard InChI is InChI=1S/C20H30N2O2/c1-13(2)24-17-10-8-15(9-11-17)14(3)21-20(23)19-12-16-6-4-5-7-18(16)22-19/h8-11,13-14,16,18-19,22H,4-7,12H2,1-3H3,(H,21,23). The van der Waals surface area contributed by atoms with Gasteiger partial charge in [-0.05, 0) is 63.6 Å². The summed E-state index contributed by atoms with van der Waals surface area (Å²) in [5.41, 5.74) is 1.11. The molecule has 1 aromatic rings. The molecule has 1 amide bonds. The monoisotopic (exact) mass is 330 g/mol. The van der Waals surface area contributed by atoms with Gasteiger partial charge in [0.15, 0.2) is 0 Å². The van der Waals surface area contributed by atoms with E-state index in [1.807, 2.05) is 45.0 Å². The fraction of sp³-hybridized carbons (Fsp3) is 0.650. The number of rotatable bonds is 5. The van der Waals surface area contributed by atoms with Gasteiger partial charge >= 0.3 is 0 Å². The second kappa shape index (κ2) is 7.56. The third-order valence-corrected chi connectivity index (χ3v) is 5.29. The molecular formula is C20H30N2O2. The number of nitrogens with one attached hydrogen (secondary N) is 2. The smallest absolute Gasteiger partial charge is 0.237 e. The highest BCUT2D eigenvalue weighted by atomic mass is 16.5. The van der Waals surface area contributed by atoms with E-state index in [2.05, 4.69) is 10.6 Å². The number of hydrogen-bond acceptors (Lipinski definition) is 3. The summed E-state index contributed by atoms with van der Waals surface area (Å²) in [6, 6.07) is 8.55. The van der Waals surface area contributed by atoms with Gasteiger partial charge in [-0.2, -0.15) is 0 Å². The maximum Gasteiger partial charge on any atom is 0.237 e. The van der Waals surface area contributed by atoms with Crippen LogP contribution >= 0.6 is 0 Å². The quantitative estimate of drug-likeness (QED) is 0.868. The number of carbonyl (C=O) groups excluding carboxylic acids is 1. The number of ether oxygens (including phenoxy) is 1. The highest BCUT2D eigenvalue weighted by Gasteiger charge is 2.38. The van der Waals surface area contributed by atoms with Crippen LogP contribution in [-0.2, 0) is 4.79 Å². The molecule has 1 aromatic carbocycles. The van der Waals surface area contributed by atoms with Crippen LogP contribution in [-0.4, -0.2) is 24.1 Å². The van der Waals surface area contributed by atoms with Crippen molar-refractivity contribution in [2.75, 3.05) is 0 Å². The first-order valence-electron chi connectivity index (χ1n) is 9.36. The first kappa shape index (κ1) is 17.3. The van der Waals surface area contributed by atoms with E-state index >= 15 is 0 Å². The van der Waals surface area contributed by atoms with Crippen molar-refractivity contribution in [3.63, 3.8) is 0 Å². The molecule has 1 heterocycles. The maximum atomic E-state index is 12.6. The van der Waals surface area contributed by atoms with Crippen molar-refractivity contribution in [1.29, 1.82) is 0 Å². The second-order valence-corrected chi connectivity index (χ2v) is 7.57. The lowest BCUT2D eigenvalue weighted by molar-refractivity contribution is -0.123. The van der Waals surface area contributed by atoms with Crippen LogP contribution in [0, 0.1) is 5.92 Å². The predicted octanol–water partition coefficient (Wildman–Crippen LogP) is 3.57. The highest BCUT2D eigenvalue weighted by Crippen LogP contribution is 2.33. The minimum atomic E-state index is -0.0240. The Balaban J connectivity index is 1.54. The molecule has 24 heavy (non-hydrogen) atoms. The van der Waals surface area contributed by atoms with Crippen molar-refractivity contribution in [2.45, 2.75) is 77.1 Å². The molecule has 0 radical (unpaired) electrons. The van der Waals surface area contributed by atoms with E-state index in [1.165, 1.54) is 25.7 Å². The number of carbonyl (C=O) groups is 1. The Labute approximate surface area is 145 Å². The van der Waals surface area contributed by atoms with Gasteiger partial charge in [0, 0.05) is 6.04 Å². The van der Waals surface area contributed by atoms with Crippen LogP contribution in [0.5, 0.6) is 5.75 Å². The lowest BCUT2D eigenvalue weighted by Crippen LogP contribution is -2.43. The van der Waals surface area contributed by atoms with E-state index in [4.69, 9.17) is 4.74 Å². The van der Waals surface area contributed by atoms with E-state index in [1.54, 1.807) is 0 Å². The van der Waals surface area contributed by atoms with Gasteiger partial charge < -0.3 is 15.4 Å². The predicted molar refractivity (Wildman–Crippen MR) is 96.1 cm³/mol. The molecule has 2 aliphatic rings. The SMILES string of the molecule is CC(C)Oc1ccc(C(C)NC(=O)C2CC3CCCCC3N2)cc1. The van der Waals surface area contributed by atoms with Crippen molar-refractivity contribution in [3.05, 3.63) is 29.8 Å². The molecule has 132 valence electrons. The first-order valence-corrected chi connectivity index (χ1v) is 9.36. The van der Waals surface area contributed by atoms with Gasteiger partial charge in [-0.15, -0.1) is 0 Å². The van der Waals surface area contributed by atoms with Crippen LogP contribution in [0.1, 0.15) is 64.5 Å². The molecule has 4 atom stereocenters. The molecule has 4 heteroatoms. The Morgan fingerprint density at radius 2 is 1.88 bits per heavy atom. The Hall–Kier alpha value is -1.55.